The van der Waals surface area contributed by atoms with Gasteiger partial charge in [0.05, 0.1) is 0 Å². The van der Waals surface area contributed by atoms with Gasteiger partial charge in [-0.05, 0) is 0 Å². The number of allylic oxidation sites excluding steroid dienone is 1. The Balaban J connectivity index is 4.32. The van der Waals surface area contributed by atoms with Gasteiger partial charge in [0, 0.05) is 0 Å². The van der Waals surface area contributed by atoms with E-state index in [0.29, 0.717) is 0 Å². The summed E-state index contributed by atoms with van der Waals surface area (Å²) in [6, 6.07) is 0. The molecule has 0 atom stereocenters. The van der Waals surface area contributed by atoms with Gasteiger partial charge in [0.15, 0.2) is 3.23 Å². The average Bonchev–Trinajstić information content (AvgIpc) is 1.64. The van der Waals surface area contributed by atoms with Crippen LogP contribution in [-0.4, -0.2) is 9.41 Å². The second-order valence-electron chi connectivity index (χ2n) is 1.32. The lowest BCUT2D eigenvalue weighted by Gasteiger charge is -2.18. The summed E-state index contributed by atoms with van der Waals surface area (Å²) in [6.07, 6.45) is -3.61. The fraction of sp³-hybridized carbons (Fsp3) is 0.500. The van der Waals surface area contributed by atoms with E-state index < -0.39 is 9.41 Å². The molecule has 0 aromatic heterocycles. The molecule has 0 aliphatic heterocycles. The van der Waals surface area contributed by atoms with Crippen molar-refractivity contribution in [1.29, 1.82) is 0 Å². The molecule has 0 heterocycles. The highest BCUT2D eigenvalue weighted by Gasteiger charge is 2.48. The van der Waals surface area contributed by atoms with Crippen molar-refractivity contribution in [2.45, 2.75) is 9.41 Å². The normalized spacial score (nSPS) is 13.4. The first-order chi connectivity index (χ1) is 3.81. The van der Waals surface area contributed by atoms with Gasteiger partial charge in [-0.3, -0.25) is 0 Å². The van der Waals surface area contributed by atoms with Crippen LogP contribution in [0, 0.1) is 0 Å². The van der Waals surface area contributed by atoms with E-state index in [1.165, 1.54) is 0 Å². The SMILES string of the molecule is C=CC(Br)(Br)C(F)(F)F. The molecule has 0 radical (unpaired) electrons. The Labute approximate surface area is 67.4 Å². The molecule has 0 spiro atoms. The van der Waals surface area contributed by atoms with Gasteiger partial charge in [0.25, 0.3) is 0 Å². The second kappa shape index (κ2) is 2.62. The third kappa shape index (κ3) is 2.29. The molecule has 0 aliphatic carbocycles. The van der Waals surface area contributed by atoms with E-state index in [1.54, 1.807) is 0 Å². The van der Waals surface area contributed by atoms with Gasteiger partial charge in [-0.15, -0.1) is 6.58 Å². The zero-order valence-corrected chi connectivity index (χ0v) is 7.35. The van der Waals surface area contributed by atoms with Crippen molar-refractivity contribution in [3.8, 4) is 0 Å². The van der Waals surface area contributed by atoms with Crippen LogP contribution in [0.15, 0.2) is 12.7 Å². The quantitative estimate of drug-likeness (QED) is 0.506. The molecule has 0 fully saturated rings. The molecule has 0 saturated heterocycles. The largest absolute Gasteiger partial charge is 0.417 e. The summed E-state index contributed by atoms with van der Waals surface area (Å²) in [5.74, 6) is 0. The Morgan fingerprint density at radius 3 is 1.56 bits per heavy atom. The standard InChI is InChI=1S/C4H3Br2F3/c1-2-3(5,6)4(7,8)9/h2H,1H2. The molecule has 0 saturated carbocycles. The van der Waals surface area contributed by atoms with Crippen LogP contribution in [0.4, 0.5) is 13.2 Å². The lowest BCUT2D eigenvalue weighted by molar-refractivity contribution is -0.124. The van der Waals surface area contributed by atoms with Gasteiger partial charge in [-0.25, -0.2) is 0 Å². The highest BCUT2D eigenvalue weighted by Crippen LogP contribution is 2.43. The van der Waals surface area contributed by atoms with E-state index in [-0.39, 0.29) is 0 Å². The van der Waals surface area contributed by atoms with Crippen LogP contribution in [-0.2, 0) is 0 Å². The second-order valence-corrected chi connectivity index (χ2v) is 4.89. The first-order valence-electron chi connectivity index (χ1n) is 1.89. The molecule has 0 aromatic rings. The number of hydrogen-bond acceptors (Lipinski definition) is 0. The van der Waals surface area contributed by atoms with Crippen molar-refractivity contribution in [3.05, 3.63) is 12.7 Å². The Kier molecular flexibility index (Phi) is 2.76. The summed E-state index contributed by atoms with van der Waals surface area (Å²) in [5.41, 5.74) is 0. The van der Waals surface area contributed by atoms with E-state index in [1.807, 2.05) is 0 Å². The molecule has 0 bridgehead atoms. The Morgan fingerprint density at radius 1 is 1.22 bits per heavy atom. The number of alkyl halides is 5. The van der Waals surface area contributed by atoms with Gasteiger partial charge < -0.3 is 0 Å². The maximum Gasteiger partial charge on any atom is 0.417 e. The lowest BCUT2D eigenvalue weighted by Crippen LogP contribution is -2.30. The fourth-order valence-electron chi connectivity index (χ4n) is 0.116. The molecular weight excluding hydrogens is 265 g/mol. The number of halogens is 5. The first kappa shape index (κ1) is 9.49. The highest BCUT2D eigenvalue weighted by atomic mass is 79.9. The zero-order chi connectivity index (χ0) is 7.71. The van der Waals surface area contributed by atoms with E-state index in [4.69, 9.17) is 0 Å². The van der Waals surface area contributed by atoms with Crippen LogP contribution in [0.2, 0.25) is 0 Å². The fourth-order valence-corrected chi connectivity index (χ4v) is 0.116. The molecule has 54 valence electrons. The van der Waals surface area contributed by atoms with Crippen LogP contribution < -0.4 is 0 Å². The average molecular weight is 268 g/mol. The van der Waals surface area contributed by atoms with Crippen LogP contribution in [0.3, 0.4) is 0 Å². The topological polar surface area (TPSA) is 0 Å². The summed E-state index contributed by atoms with van der Waals surface area (Å²) >= 11 is 4.75. The van der Waals surface area contributed by atoms with Crippen molar-refractivity contribution in [2.24, 2.45) is 0 Å². The summed E-state index contributed by atoms with van der Waals surface area (Å²) in [5, 5.41) is 0. The van der Waals surface area contributed by atoms with E-state index in [2.05, 4.69) is 38.4 Å². The van der Waals surface area contributed by atoms with Gasteiger partial charge in [0.2, 0.25) is 0 Å². The summed E-state index contributed by atoms with van der Waals surface area (Å²) in [4.78, 5) is 0. The van der Waals surface area contributed by atoms with Crippen molar-refractivity contribution in [3.63, 3.8) is 0 Å². The van der Waals surface area contributed by atoms with Crippen LogP contribution in [0.1, 0.15) is 0 Å². The van der Waals surface area contributed by atoms with Crippen molar-refractivity contribution >= 4 is 31.9 Å². The predicted molar refractivity (Wildman–Crippen MR) is 36.8 cm³/mol. The van der Waals surface area contributed by atoms with Crippen molar-refractivity contribution in [1.82, 2.24) is 0 Å². The molecule has 5 heteroatoms. The third-order valence-electron chi connectivity index (χ3n) is 0.634. The molecular formula is C4H3Br2F3. The van der Waals surface area contributed by atoms with Gasteiger partial charge in [-0.1, -0.05) is 37.9 Å². The summed E-state index contributed by atoms with van der Waals surface area (Å²) in [6.45, 7) is 2.99. The Bertz CT molecular complexity index is 115. The molecule has 0 N–H and O–H groups in total. The minimum Gasteiger partial charge on any atom is -0.168 e. The highest BCUT2D eigenvalue weighted by molar-refractivity contribution is 9.25. The summed E-state index contributed by atoms with van der Waals surface area (Å²) < 4.78 is 32.9. The minimum absolute atomic E-state index is 0.729. The van der Waals surface area contributed by atoms with Gasteiger partial charge in [-0.2, -0.15) is 13.2 Å². The smallest absolute Gasteiger partial charge is 0.168 e. The van der Waals surface area contributed by atoms with E-state index in [9.17, 15) is 13.2 Å². The van der Waals surface area contributed by atoms with Gasteiger partial charge >= 0.3 is 6.18 Å². The van der Waals surface area contributed by atoms with Crippen LogP contribution in [0.25, 0.3) is 0 Å². The van der Waals surface area contributed by atoms with E-state index >= 15 is 0 Å². The maximum atomic E-state index is 11.7. The molecule has 0 aromatic carbocycles. The molecule has 0 amide bonds. The molecule has 0 rings (SSSR count). The molecule has 0 aliphatic rings. The molecule has 0 unspecified atom stereocenters. The zero-order valence-electron chi connectivity index (χ0n) is 4.17. The third-order valence-corrected chi connectivity index (χ3v) is 2.18. The Hall–Kier alpha value is 0.490. The summed E-state index contributed by atoms with van der Waals surface area (Å²) in [7, 11) is 0. The van der Waals surface area contributed by atoms with Crippen molar-refractivity contribution < 1.29 is 13.2 Å². The molecule has 9 heavy (non-hydrogen) atoms. The molecule has 0 nitrogen and oxygen atoms in total. The number of hydrogen-bond donors (Lipinski definition) is 0. The Morgan fingerprint density at radius 2 is 1.56 bits per heavy atom. The first-order valence-corrected chi connectivity index (χ1v) is 3.48. The van der Waals surface area contributed by atoms with E-state index in [0.717, 1.165) is 6.08 Å². The monoisotopic (exact) mass is 266 g/mol. The minimum atomic E-state index is -4.34. The predicted octanol–water partition coefficient (Wildman–Crippen LogP) is 3.22. The van der Waals surface area contributed by atoms with Crippen LogP contribution in [0.5, 0.6) is 0 Å². The van der Waals surface area contributed by atoms with Gasteiger partial charge in [0.1, 0.15) is 0 Å². The van der Waals surface area contributed by atoms with Crippen molar-refractivity contribution in [2.75, 3.05) is 0 Å². The maximum absolute atomic E-state index is 11.7. The number of rotatable bonds is 1. The van der Waals surface area contributed by atoms with Crippen LogP contribution >= 0.6 is 31.9 Å². The lowest BCUT2D eigenvalue weighted by atomic mass is 10.4.